The maximum absolute atomic E-state index is 12.9. The molecule has 0 aliphatic heterocycles. The zero-order chi connectivity index (χ0) is 26.8. The molecule has 9 heteroatoms. The number of allylic oxidation sites excluding steroid dienone is 8. The molecule has 0 bridgehead atoms. The van der Waals surface area contributed by atoms with Gasteiger partial charge in [-0.25, -0.2) is 41.9 Å². The van der Waals surface area contributed by atoms with Crippen LogP contribution in [0.3, 0.4) is 0 Å². The molecule has 4 nitrogen and oxygen atoms in total. The van der Waals surface area contributed by atoms with Gasteiger partial charge in [-0.15, -0.1) is 48.2 Å². The molecule has 0 fully saturated rings. The number of hydrogen-bond acceptors (Lipinski definition) is 2. The maximum atomic E-state index is 12.9. The van der Waals surface area contributed by atoms with E-state index in [1.54, 1.807) is 0 Å². The van der Waals surface area contributed by atoms with Crippen LogP contribution in [0.15, 0.2) is 60.7 Å². The zero-order valence-corrected chi connectivity index (χ0v) is 22.0. The number of amides is 2. The molecule has 0 saturated carbocycles. The van der Waals surface area contributed by atoms with Crippen molar-refractivity contribution in [2.24, 2.45) is 0 Å². The molecule has 0 radical (unpaired) electrons. The molecule has 2 aliphatic carbocycles. The summed E-state index contributed by atoms with van der Waals surface area (Å²) < 4.78 is 50.4. The van der Waals surface area contributed by atoms with E-state index in [0.29, 0.717) is 0 Å². The normalized spacial score (nSPS) is 11.6. The fourth-order valence-electron chi connectivity index (χ4n) is 2.34. The van der Waals surface area contributed by atoms with Gasteiger partial charge in [0.25, 0.3) is 0 Å². The Morgan fingerprint density at radius 1 is 0.730 bits per heavy atom. The summed E-state index contributed by atoms with van der Waals surface area (Å²) in [5, 5.41) is 4.80. The van der Waals surface area contributed by atoms with Gasteiger partial charge in [0.15, 0.2) is 0 Å². The van der Waals surface area contributed by atoms with Crippen LogP contribution in [0.1, 0.15) is 37.8 Å². The second kappa shape index (κ2) is 19.9. The van der Waals surface area contributed by atoms with Crippen molar-refractivity contribution in [2.45, 2.75) is 39.8 Å². The summed E-state index contributed by atoms with van der Waals surface area (Å²) in [5.41, 5.74) is 0.438. The van der Waals surface area contributed by atoms with E-state index >= 15 is 0 Å². The molecule has 0 atom stereocenters. The summed E-state index contributed by atoms with van der Waals surface area (Å²) in [7, 11) is 0. The van der Waals surface area contributed by atoms with Crippen molar-refractivity contribution in [1.82, 2.24) is 10.6 Å². The Bertz CT molecular complexity index is 1010. The summed E-state index contributed by atoms with van der Waals surface area (Å²) in [6.07, 6.45) is 20.0. The first-order chi connectivity index (χ1) is 17.2. The molecule has 0 unspecified atom stereocenters. The van der Waals surface area contributed by atoms with Crippen molar-refractivity contribution in [3.8, 4) is 0 Å². The molecule has 4 rings (SSSR count). The van der Waals surface area contributed by atoms with Gasteiger partial charge >= 0.3 is 21.7 Å². The molecule has 2 aliphatic rings. The Morgan fingerprint density at radius 3 is 1.32 bits per heavy atom. The van der Waals surface area contributed by atoms with Gasteiger partial charge in [-0.3, -0.25) is 21.7 Å². The Morgan fingerprint density at radius 2 is 1.11 bits per heavy atom. The molecule has 0 saturated heterocycles. The van der Waals surface area contributed by atoms with E-state index in [2.05, 4.69) is 34.9 Å². The standard InChI is InChI=1S/2C9H8F2NO.2C5H5.Ti/c2*1-6(13)12-5-7-2-3-8(10)4-9(7)11;2*1-2-4-5-3-1;/h2*2-3H,5H2,1H3,(H,12,13);2*1-3H,4H2;/q4*-1;+4. The molecule has 192 valence electrons. The molecule has 2 aromatic carbocycles. The second-order valence-corrected chi connectivity index (χ2v) is 7.12. The van der Waals surface area contributed by atoms with Crippen LogP contribution in [0, 0.1) is 47.6 Å². The van der Waals surface area contributed by atoms with Gasteiger partial charge < -0.3 is 10.6 Å². The summed E-state index contributed by atoms with van der Waals surface area (Å²) in [6, 6.07) is 8.50. The van der Waals surface area contributed by atoms with Crippen molar-refractivity contribution < 1.29 is 48.9 Å². The van der Waals surface area contributed by atoms with E-state index in [1.807, 2.05) is 36.4 Å². The van der Waals surface area contributed by atoms with Crippen LogP contribution in [-0.4, -0.2) is 11.8 Å². The SMILES string of the molecule is CC(=O)NCc1ccc(F)[c-]c1F.CC(=O)NCc1ccc(F)[c-]c1F.[C-]1=CC=CC1.[C-]1=CC=CC1.[Ti+4]. The molecule has 37 heavy (non-hydrogen) atoms. The average molecular weight is 546 g/mol. The zero-order valence-electron chi connectivity index (χ0n) is 20.4. The van der Waals surface area contributed by atoms with E-state index in [-0.39, 0.29) is 57.7 Å². The predicted octanol–water partition coefficient (Wildman–Crippen LogP) is 5.41. The van der Waals surface area contributed by atoms with Gasteiger partial charge in [0, 0.05) is 50.2 Å². The minimum atomic E-state index is -0.770. The smallest absolute Gasteiger partial charge is 0.363 e. The number of halogens is 4. The third-order valence-corrected chi connectivity index (χ3v) is 4.11. The van der Waals surface area contributed by atoms with E-state index < -0.39 is 23.3 Å². The average Bonchev–Trinajstić information content (AvgIpc) is 3.57. The first-order valence-corrected chi connectivity index (χ1v) is 10.8. The van der Waals surface area contributed by atoms with Crippen molar-refractivity contribution >= 4 is 11.8 Å². The number of rotatable bonds is 4. The van der Waals surface area contributed by atoms with Crippen LogP contribution in [-0.2, 0) is 44.4 Å². The van der Waals surface area contributed by atoms with Crippen LogP contribution >= 0.6 is 0 Å². The van der Waals surface area contributed by atoms with Crippen LogP contribution in [0.4, 0.5) is 17.6 Å². The van der Waals surface area contributed by atoms with E-state index in [1.165, 1.54) is 26.0 Å². The van der Waals surface area contributed by atoms with Crippen LogP contribution in [0.25, 0.3) is 0 Å². The third kappa shape index (κ3) is 17.0. The van der Waals surface area contributed by atoms with E-state index in [9.17, 15) is 27.2 Å². The number of nitrogens with one attached hydrogen (secondary N) is 2. The van der Waals surface area contributed by atoms with Gasteiger partial charge in [0.05, 0.1) is 0 Å². The summed E-state index contributed by atoms with van der Waals surface area (Å²) in [6.45, 7) is 2.76. The van der Waals surface area contributed by atoms with Crippen molar-refractivity contribution in [1.29, 1.82) is 0 Å². The monoisotopic (exact) mass is 546 g/mol. The van der Waals surface area contributed by atoms with Crippen molar-refractivity contribution in [2.75, 3.05) is 0 Å². The van der Waals surface area contributed by atoms with Crippen molar-refractivity contribution in [3.05, 3.63) is 119 Å². The van der Waals surface area contributed by atoms with Crippen molar-refractivity contribution in [3.63, 3.8) is 0 Å². The molecule has 0 spiro atoms. The van der Waals surface area contributed by atoms with Crippen LogP contribution < -0.4 is 10.6 Å². The molecule has 2 amide bonds. The second-order valence-electron chi connectivity index (χ2n) is 7.12. The fraction of sp³-hybridized carbons (Fsp3) is 0.214. The summed E-state index contributed by atoms with van der Waals surface area (Å²) >= 11 is 0. The predicted molar refractivity (Wildman–Crippen MR) is 129 cm³/mol. The van der Waals surface area contributed by atoms with E-state index in [0.717, 1.165) is 25.0 Å². The van der Waals surface area contributed by atoms with Gasteiger partial charge in [-0.2, -0.15) is 24.3 Å². The van der Waals surface area contributed by atoms with Crippen LogP contribution in [0.2, 0.25) is 0 Å². The molecule has 0 aromatic heterocycles. The Labute approximate surface area is 230 Å². The first-order valence-electron chi connectivity index (χ1n) is 10.8. The van der Waals surface area contributed by atoms with Gasteiger partial charge in [0.1, 0.15) is 0 Å². The molecule has 0 heterocycles. The quantitative estimate of drug-likeness (QED) is 0.306. The molecular weight excluding hydrogens is 520 g/mol. The van der Waals surface area contributed by atoms with Gasteiger partial charge in [-0.1, -0.05) is 0 Å². The number of benzene rings is 2. The van der Waals surface area contributed by atoms with Gasteiger partial charge in [0.2, 0.25) is 11.8 Å². The Balaban J connectivity index is 0.000000502. The van der Waals surface area contributed by atoms with E-state index in [4.69, 9.17) is 0 Å². The number of carbonyl (C=O) groups is 2. The largest absolute Gasteiger partial charge is 4.00 e. The minimum absolute atomic E-state index is 0. The fourth-order valence-corrected chi connectivity index (χ4v) is 2.34. The number of hydrogen-bond donors (Lipinski definition) is 2. The topological polar surface area (TPSA) is 58.2 Å². The third-order valence-electron chi connectivity index (χ3n) is 4.11. The minimum Gasteiger partial charge on any atom is -0.363 e. The van der Waals surface area contributed by atoms with Gasteiger partial charge in [-0.05, 0) is 0 Å². The summed E-state index contributed by atoms with van der Waals surface area (Å²) in [5.74, 6) is -3.55. The molecule has 2 aromatic rings. The summed E-state index contributed by atoms with van der Waals surface area (Å²) in [4.78, 5) is 21.0. The van der Waals surface area contributed by atoms with Crippen LogP contribution in [0.5, 0.6) is 0 Å². The first kappa shape index (κ1) is 33.8. The molecular formula is C28H26F4N2O2Ti. The Kier molecular flexibility index (Phi) is 18.2. The molecule has 2 N–H and O–H groups in total. The maximum Gasteiger partial charge on any atom is 4.00 e. The Hall–Kier alpha value is -3.23. The number of carbonyl (C=O) groups excluding carboxylic acids is 2.